The van der Waals surface area contributed by atoms with Crippen molar-refractivity contribution in [2.75, 3.05) is 24.6 Å². The molecule has 0 unspecified atom stereocenters. The molecule has 0 radical (unpaired) electrons. The molecule has 1 saturated carbocycles. The number of benzene rings is 1. The Morgan fingerprint density at radius 3 is 2.86 bits per heavy atom. The van der Waals surface area contributed by atoms with Crippen LogP contribution in [0.3, 0.4) is 0 Å². The van der Waals surface area contributed by atoms with Gasteiger partial charge < -0.3 is 15.3 Å². The molecule has 0 spiro atoms. The predicted molar refractivity (Wildman–Crippen MR) is 86.6 cm³/mol. The van der Waals surface area contributed by atoms with E-state index < -0.39 is 0 Å². The Morgan fingerprint density at radius 2 is 2.14 bits per heavy atom. The topological polar surface area (TPSA) is 48.4 Å². The largest absolute Gasteiger partial charge is 0.395 e. The zero-order valence-corrected chi connectivity index (χ0v) is 12.5. The summed E-state index contributed by atoms with van der Waals surface area (Å²) in [6, 6.07) is 11.0. The molecule has 0 saturated heterocycles. The number of fused-ring (bicyclic) bond motifs is 1. The van der Waals surface area contributed by atoms with Gasteiger partial charge in [-0.3, -0.25) is 0 Å². The molecule has 0 bridgehead atoms. The lowest BCUT2D eigenvalue weighted by Crippen LogP contribution is -2.31. The van der Waals surface area contributed by atoms with Crippen LogP contribution in [-0.4, -0.2) is 35.8 Å². The highest BCUT2D eigenvalue weighted by atomic mass is 16.3. The lowest BCUT2D eigenvalue weighted by atomic mass is 10.1. The maximum absolute atomic E-state index is 9.37. The summed E-state index contributed by atoms with van der Waals surface area (Å²) in [6.07, 6.45) is 2.41. The van der Waals surface area contributed by atoms with Gasteiger partial charge in [-0.25, -0.2) is 4.98 Å². The van der Waals surface area contributed by atoms with Crippen LogP contribution in [0.5, 0.6) is 0 Å². The standard InChI is InChI=1S/C17H23N3O/c1-2-18-12-14-11-13-5-3-4-6-16(13)19-17(14)20(9-10-21)15-7-8-15/h3-6,11,15,18,21H,2,7-10,12H2,1H3. The second kappa shape index (κ2) is 6.41. The van der Waals surface area contributed by atoms with Crippen LogP contribution in [0.25, 0.3) is 10.9 Å². The molecule has 2 aromatic rings. The van der Waals surface area contributed by atoms with Crippen LogP contribution in [0.2, 0.25) is 0 Å². The Hall–Kier alpha value is -1.65. The molecule has 21 heavy (non-hydrogen) atoms. The van der Waals surface area contributed by atoms with Crippen LogP contribution in [0, 0.1) is 0 Å². The Bertz CT molecular complexity index is 610. The van der Waals surface area contributed by atoms with Crippen molar-refractivity contribution in [1.29, 1.82) is 0 Å². The van der Waals surface area contributed by atoms with E-state index >= 15 is 0 Å². The van der Waals surface area contributed by atoms with Crippen molar-refractivity contribution < 1.29 is 5.11 Å². The van der Waals surface area contributed by atoms with Gasteiger partial charge in [0.05, 0.1) is 12.1 Å². The van der Waals surface area contributed by atoms with Gasteiger partial charge in [0.1, 0.15) is 5.82 Å². The first-order chi connectivity index (χ1) is 10.3. The van der Waals surface area contributed by atoms with Gasteiger partial charge in [-0.1, -0.05) is 25.1 Å². The van der Waals surface area contributed by atoms with Gasteiger partial charge in [0, 0.05) is 30.1 Å². The van der Waals surface area contributed by atoms with Gasteiger partial charge in [0.2, 0.25) is 0 Å². The van der Waals surface area contributed by atoms with E-state index in [0.29, 0.717) is 12.6 Å². The molecule has 0 aliphatic heterocycles. The summed E-state index contributed by atoms with van der Waals surface area (Å²) in [5.41, 5.74) is 2.24. The van der Waals surface area contributed by atoms with Gasteiger partial charge >= 0.3 is 0 Å². The van der Waals surface area contributed by atoms with Crippen molar-refractivity contribution in [2.45, 2.75) is 32.4 Å². The van der Waals surface area contributed by atoms with E-state index in [2.05, 4.69) is 35.3 Å². The van der Waals surface area contributed by atoms with Crippen molar-refractivity contribution >= 4 is 16.7 Å². The molecule has 1 aliphatic carbocycles. The molecule has 0 atom stereocenters. The maximum atomic E-state index is 9.37. The van der Waals surface area contributed by atoms with Crippen molar-refractivity contribution in [2.24, 2.45) is 0 Å². The molecule has 3 rings (SSSR count). The minimum Gasteiger partial charge on any atom is -0.395 e. The van der Waals surface area contributed by atoms with E-state index in [0.717, 1.165) is 24.4 Å². The molecule has 1 heterocycles. The minimum atomic E-state index is 0.172. The van der Waals surface area contributed by atoms with Crippen LogP contribution in [0.1, 0.15) is 25.3 Å². The van der Waals surface area contributed by atoms with Gasteiger partial charge in [-0.15, -0.1) is 0 Å². The Balaban J connectivity index is 2.03. The van der Waals surface area contributed by atoms with Crippen LogP contribution in [0.4, 0.5) is 5.82 Å². The van der Waals surface area contributed by atoms with E-state index in [1.54, 1.807) is 0 Å². The fourth-order valence-electron chi connectivity index (χ4n) is 2.74. The number of pyridine rings is 1. The summed E-state index contributed by atoms with van der Waals surface area (Å²) in [6.45, 7) is 4.70. The van der Waals surface area contributed by atoms with Crippen molar-refractivity contribution in [3.8, 4) is 0 Å². The SMILES string of the molecule is CCNCc1cc2ccccc2nc1N(CCO)C1CC1. The normalized spacial score (nSPS) is 14.6. The Kier molecular flexibility index (Phi) is 4.36. The second-order valence-corrected chi connectivity index (χ2v) is 5.59. The zero-order chi connectivity index (χ0) is 14.7. The van der Waals surface area contributed by atoms with Crippen LogP contribution in [0.15, 0.2) is 30.3 Å². The van der Waals surface area contributed by atoms with Gasteiger partial charge in [-0.2, -0.15) is 0 Å². The van der Waals surface area contributed by atoms with Crippen molar-refractivity contribution in [1.82, 2.24) is 10.3 Å². The highest BCUT2D eigenvalue weighted by Crippen LogP contribution is 2.33. The summed E-state index contributed by atoms with van der Waals surface area (Å²) in [5, 5.41) is 13.9. The summed E-state index contributed by atoms with van der Waals surface area (Å²) in [5.74, 6) is 1.03. The number of aliphatic hydroxyl groups excluding tert-OH is 1. The number of nitrogens with one attached hydrogen (secondary N) is 1. The van der Waals surface area contributed by atoms with E-state index in [1.807, 2.05) is 12.1 Å². The molecule has 1 aromatic heterocycles. The first-order valence-electron chi connectivity index (χ1n) is 7.80. The first kappa shape index (κ1) is 14.3. The highest BCUT2D eigenvalue weighted by molar-refractivity contribution is 5.82. The van der Waals surface area contributed by atoms with E-state index in [-0.39, 0.29) is 6.61 Å². The monoisotopic (exact) mass is 285 g/mol. The second-order valence-electron chi connectivity index (χ2n) is 5.59. The summed E-state index contributed by atoms with van der Waals surface area (Å²) >= 11 is 0. The average molecular weight is 285 g/mol. The van der Waals surface area contributed by atoms with Gasteiger partial charge in [-0.05, 0) is 31.5 Å². The molecule has 0 amide bonds. The van der Waals surface area contributed by atoms with Gasteiger partial charge in [0.15, 0.2) is 0 Å². The van der Waals surface area contributed by atoms with Gasteiger partial charge in [0.25, 0.3) is 0 Å². The first-order valence-corrected chi connectivity index (χ1v) is 7.80. The highest BCUT2D eigenvalue weighted by Gasteiger charge is 2.31. The van der Waals surface area contributed by atoms with Crippen molar-refractivity contribution in [3.05, 3.63) is 35.9 Å². The lowest BCUT2D eigenvalue weighted by molar-refractivity contribution is 0.301. The summed E-state index contributed by atoms with van der Waals surface area (Å²) in [7, 11) is 0. The molecule has 1 fully saturated rings. The number of para-hydroxylation sites is 1. The third-order valence-electron chi connectivity index (χ3n) is 3.95. The molecular formula is C17H23N3O. The fraction of sp³-hybridized carbons (Fsp3) is 0.471. The molecular weight excluding hydrogens is 262 g/mol. The number of hydrogen-bond donors (Lipinski definition) is 2. The number of nitrogens with zero attached hydrogens (tertiary/aromatic N) is 2. The maximum Gasteiger partial charge on any atom is 0.134 e. The van der Waals surface area contributed by atoms with Crippen LogP contribution < -0.4 is 10.2 Å². The van der Waals surface area contributed by atoms with Crippen LogP contribution in [-0.2, 0) is 6.54 Å². The summed E-state index contributed by atoms with van der Waals surface area (Å²) in [4.78, 5) is 7.16. The average Bonchev–Trinajstić information content (AvgIpc) is 3.34. The Morgan fingerprint density at radius 1 is 1.33 bits per heavy atom. The number of hydrogen-bond acceptors (Lipinski definition) is 4. The third-order valence-corrected chi connectivity index (χ3v) is 3.95. The minimum absolute atomic E-state index is 0.172. The third kappa shape index (κ3) is 3.17. The molecule has 4 nitrogen and oxygen atoms in total. The summed E-state index contributed by atoms with van der Waals surface area (Å²) < 4.78 is 0. The number of aromatic nitrogens is 1. The molecule has 1 aromatic carbocycles. The van der Waals surface area contributed by atoms with E-state index in [4.69, 9.17) is 4.98 Å². The van der Waals surface area contributed by atoms with E-state index in [1.165, 1.54) is 23.8 Å². The number of aliphatic hydroxyl groups is 1. The lowest BCUT2D eigenvalue weighted by Gasteiger charge is -2.25. The number of rotatable bonds is 7. The number of anilines is 1. The predicted octanol–water partition coefficient (Wildman–Crippen LogP) is 2.31. The fourth-order valence-corrected chi connectivity index (χ4v) is 2.74. The van der Waals surface area contributed by atoms with Crippen molar-refractivity contribution in [3.63, 3.8) is 0 Å². The molecule has 4 heteroatoms. The molecule has 2 N–H and O–H groups in total. The smallest absolute Gasteiger partial charge is 0.134 e. The Labute approximate surface area is 125 Å². The van der Waals surface area contributed by atoms with E-state index in [9.17, 15) is 5.11 Å². The van der Waals surface area contributed by atoms with Crippen LogP contribution >= 0.6 is 0 Å². The molecule has 112 valence electrons. The zero-order valence-electron chi connectivity index (χ0n) is 12.5. The molecule has 1 aliphatic rings. The quantitative estimate of drug-likeness (QED) is 0.819.